The molecule has 2 aromatic rings. The number of amides is 1. The number of nitrogens with one attached hydrogen (secondary N) is 1. The Morgan fingerprint density at radius 1 is 1.00 bits per heavy atom. The summed E-state index contributed by atoms with van der Waals surface area (Å²) in [6, 6.07) is 15.0. The van der Waals surface area contributed by atoms with Gasteiger partial charge in [-0.25, -0.2) is 14.4 Å². The number of ketones is 1. The molecule has 2 aromatic carbocycles. The summed E-state index contributed by atoms with van der Waals surface area (Å²) < 4.78 is 30.1. The van der Waals surface area contributed by atoms with Gasteiger partial charge in [0.15, 0.2) is 11.7 Å². The standard InChI is InChI=1S/C46H60N2O13/c1-25-30(58-40(54)35(51)34(27-16-11-9-12-17-27)48-41(55)61-42(3,4)5)23-46(56)38(59-39(53)28-18-13-10-14-19-28)36-44(8,31(50)22-32-45(36,24-57-32)60-26(2)49)37(52)29(20-15-21-47)33(25)43(46,6)7/h9-14,16-19,29-32,34-36,38,50-51,56H,15,20-24,47H2,1-8H3,(H,48,55)/t29-,30+,31+,32-,34+,35-,36+,38+,44-,45+,46-/m1/s1. The minimum Gasteiger partial charge on any atom is -0.456 e. The summed E-state index contributed by atoms with van der Waals surface area (Å²) in [6.45, 7) is 12.9. The van der Waals surface area contributed by atoms with Crippen LogP contribution in [0.1, 0.15) is 103 Å². The van der Waals surface area contributed by atoms with Crippen molar-refractivity contribution in [2.24, 2.45) is 28.4 Å². The summed E-state index contributed by atoms with van der Waals surface area (Å²) in [6.07, 6.45) is -8.28. The summed E-state index contributed by atoms with van der Waals surface area (Å²) in [5.41, 5.74) is -0.681. The van der Waals surface area contributed by atoms with Gasteiger partial charge in [-0.05, 0) is 82.8 Å². The van der Waals surface area contributed by atoms with E-state index in [0.717, 1.165) is 0 Å². The van der Waals surface area contributed by atoms with Crippen molar-refractivity contribution >= 4 is 29.8 Å². The Balaban J connectivity index is 1.53. The number of esters is 3. The number of hydrogen-bond acceptors (Lipinski definition) is 14. The van der Waals surface area contributed by atoms with Crippen LogP contribution in [0.15, 0.2) is 71.8 Å². The van der Waals surface area contributed by atoms with Crippen molar-refractivity contribution in [3.63, 3.8) is 0 Å². The molecule has 0 spiro atoms. The molecule has 3 fully saturated rings. The number of ether oxygens (including phenoxy) is 5. The summed E-state index contributed by atoms with van der Waals surface area (Å²) in [4.78, 5) is 70.3. The molecule has 332 valence electrons. The van der Waals surface area contributed by atoms with Crippen LogP contribution >= 0.6 is 0 Å². The SMILES string of the molecule is CC(=O)O[C@@]12CO[C@@H]1C[C@H](O)[C@@]1(C)C(=O)[C@H](CCCN)C3=C(C)[C@@H](OC(=O)[C@H](O)[C@@H](NC(=O)OC(C)(C)C)c4ccccc4)C[C@@](O)([C@@H](OC(=O)c4ccccc4)[C@H]21)C3(C)C. The van der Waals surface area contributed by atoms with Crippen LogP contribution in [0.25, 0.3) is 0 Å². The molecule has 61 heavy (non-hydrogen) atoms. The molecule has 1 saturated heterocycles. The lowest BCUT2D eigenvalue weighted by molar-refractivity contribution is -0.345. The van der Waals surface area contributed by atoms with E-state index in [2.05, 4.69) is 5.32 Å². The quantitative estimate of drug-likeness (QED) is 0.121. The predicted molar refractivity (Wildman–Crippen MR) is 219 cm³/mol. The minimum atomic E-state index is -2.23. The van der Waals surface area contributed by atoms with Crippen molar-refractivity contribution in [1.82, 2.24) is 5.32 Å². The van der Waals surface area contributed by atoms with Gasteiger partial charge in [-0.2, -0.15) is 0 Å². The second kappa shape index (κ2) is 16.9. The Labute approximate surface area is 356 Å². The van der Waals surface area contributed by atoms with Crippen LogP contribution in [0, 0.1) is 22.7 Å². The van der Waals surface area contributed by atoms with E-state index in [0.29, 0.717) is 23.1 Å². The van der Waals surface area contributed by atoms with Crippen LogP contribution in [0.2, 0.25) is 0 Å². The Hall–Kier alpha value is -4.67. The molecule has 1 aliphatic heterocycles. The maximum Gasteiger partial charge on any atom is 0.408 e. The number of hydrogen-bond donors (Lipinski definition) is 5. The van der Waals surface area contributed by atoms with E-state index in [4.69, 9.17) is 29.4 Å². The van der Waals surface area contributed by atoms with Crippen LogP contribution in [0.3, 0.4) is 0 Å². The Kier molecular flexibility index (Phi) is 12.7. The van der Waals surface area contributed by atoms with Gasteiger partial charge in [0.25, 0.3) is 0 Å². The average molecular weight is 849 g/mol. The average Bonchev–Trinajstić information content (AvgIpc) is 3.19. The second-order valence-electron chi connectivity index (χ2n) is 18.7. The number of alkyl carbamates (subject to hydrolysis) is 1. The summed E-state index contributed by atoms with van der Waals surface area (Å²) in [7, 11) is 0. The van der Waals surface area contributed by atoms with E-state index < -0.39 is 112 Å². The normalized spacial score (nSPS) is 32.6. The van der Waals surface area contributed by atoms with Gasteiger partial charge < -0.3 is 50.1 Å². The molecule has 4 aliphatic rings. The van der Waals surface area contributed by atoms with Gasteiger partial charge in [0.2, 0.25) is 0 Å². The summed E-state index contributed by atoms with van der Waals surface area (Å²) >= 11 is 0. The van der Waals surface area contributed by atoms with Crippen LogP contribution < -0.4 is 11.1 Å². The van der Waals surface area contributed by atoms with E-state index in [1.165, 1.54) is 19.1 Å². The lowest BCUT2D eigenvalue weighted by atomic mass is 9.43. The topological polar surface area (TPSA) is 230 Å². The van der Waals surface area contributed by atoms with Crippen molar-refractivity contribution in [2.45, 2.75) is 134 Å². The third-order valence-electron chi connectivity index (χ3n) is 13.4. The maximum atomic E-state index is 15.7. The monoisotopic (exact) mass is 848 g/mol. The van der Waals surface area contributed by atoms with E-state index in [1.807, 2.05) is 0 Å². The Morgan fingerprint density at radius 3 is 2.18 bits per heavy atom. The lowest BCUT2D eigenvalue weighted by Crippen LogP contribution is -2.81. The molecule has 1 amide bonds. The van der Waals surface area contributed by atoms with Crippen LogP contribution in [-0.2, 0) is 38.1 Å². The van der Waals surface area contributed by atoms with Gasteiger partial charge in [-0.15, -0.1) is 0 Å². The number of nitrogens with two attached hydrogens (primary N) is 1. The first-order valence-electron chi connectivity index (χ1n) is 20.9. The van der Waals surface area contributed by atoms with Crippen molar-refractivity contribution in [1.29, 1.82) is 0 Å². The van der Waals surface area contributed by atoms with Crippen molar-refractivity contribution < 1.29 is 63.0 Å². The fourth-order valence-electron chi connectivity index (χ4n) is 10.4. The third-order valence-corrected chi connectivity index (χ3v) is 13.4. The van der Waals surface area contributed by atoms with Gasteiger partial charge in [0, 0.05) is 31.1 Å². The highest BCUT2D eigenvalue weighted by Gasteiger charge is 2.78. The zero-order chi connectivity index (χ0) is 44.9. The molecule has 0 unspecified atom stereocenters. The summed E-state index contributed by atoms with van der Waals surface area (Å²) in [5.74, 6) is -5.62. The molecule has 3 aliphatic carbocycles. The lowest BCUT2D eigenvalue weighted by Gasteiger charge is -2.67. The fraction of sp³-hybridized carbons (Fsp3) is 0.587. The molecular weight excluding hydrogens is 789 g/mol. The number of rotatable bonds is 11. The van der Waals surface area contributed by atoms with Crippen LogP contribution in [0.5, 0.6) is 0 Å². The number of fused-ring (bicyclic) bond motifs is 5. The number of benzene rings is 2. The molecule has 15 nitrogen and oxygen atoms in total. The maximum absolute atomic E-state index is 15.7. The van der Waals surface area contributed by atoms with Gasteiger partial charge in [0.1, 0.15) is 35.3 Å². The zero-order valence-electron chi connectivity index (χ0n) is 36.1. The van der Waals surface area contributed by atoms with E-state index >= 15 is 4.79 Å². The molecule has 15 heteroatoms. The van der Waals surface area contributed by atoms with Gasteiger partial charge in [-0.3, -0.25) is 9.59 Å². The number of Topliss-reactive ketones (excluding diaryl/α,β-unsaturated/α-hetero) is 1. The zero-order valence-corrected chi connectivity index (χ0v) is 36.1. The first-order chi connectivity index (χ1) is 28.5. The van der Waals surface area contributed by atoms with E-state index in [9.17, 15) is 34.5 Å². The molecular formula is C46H60N2O13. The molecule has 6 N–H and O–H groups in total. The largest absolute Gasteiger partial charge is 0.456 e. The number of aliphatic hydroxyl groups excluding tert-OH is 2. The summed E-state index contributed by atoms with van der Waals surface area (Å²) in [5, 5.41) is 40.2. The van der Waals surface area contributed by atoms with Gasteiger partial charge in [0.05, 0.1) is 35.6 Å². The van der Waals surface area contributed by atoms with Crippen molar-refractivity contribution in [3.05, 3.63) is 82.9 Å². The molecule has 11 atom stereocenters. The molecule has 6 rings (SSSR count). The molecule has 2 bridgehead atoms. The molecule has 2 saturated carbocycles. The van der Waals surface area contributed by atoms with Gasteiger partial charge >= 0.3 is 24.0 Å². The predicted octanol–water partition coefficient (Wildman–Crippen LogP) is 4.25. The van der Waals surface area contributed by atoms with Gasteiger partial charge in [-0.1, -0.05) is 62.4 Å². The first kappa shape index (κ1) is 45.8. The van der Waals surface area contributed by atoms with E-state index in [1.54, 1.807) is 97.0 Å². The minimum absolute atomic E-state index is 0.0904. The smallest absolute Gasteiger partial charge is 0.408 e. The fourth-order valence-corrected chi connectivity index (χ4v) is 10.4. The number of aliphatic hydroxyl groups is 3. The van der Waals surface area contributed by atoms with Crippen molar-refractivity contribution in [3.8, 4) is 0 Å². The molecule has 0 aromatic heterocycles. The first-order valence-corrected chi connectivity index (χ1v) is 20.9. The molecule has 1 heterocycles. The third kappa shape index (κ3) is 8.11. The van der Waals surface area contributed by atoms with Crippen LogP contribution in [-0.4, -0.2) is 106 Å². The van der Waals surface area contributed by atoms with Crippen LogP contribution in [0.4, 0.5) is 4.79 Å². The number of carbonyl (C=O) groups is 5. The highest BCUT2D eigenvalue weighted by molar-refractivity contribution is 5.93. The Morgan fingerprint density at radius 2 is 1.62 bits per heavy atom. The highest BCUT2D eigenvalue weighted by atomic mass is 16.6. The van der Waals surface area contributed by atoms with E-state index in [-0.39, 0.29) is 31.6 Å². The molecule has 0 radical (unpaired) electrons. The Bertz CT molecular complexity index is 2030. The van der Waals surface area contributed by atoms with Crippen molar-refractivity contribution in [2.75, 3.05) is 13.2 Å². The second-order valence-corrected chi connectivity index (χ2v) is 18.7. The highest BCUT2D eigenvalue weighted by Crippen LogP contribution is 2.65. The number of carbonyl (C=O) groups excluding carboxylic acids is 5.